The monoisotopic (exact) mass is 192 g/mol. The Hall–Kier alpha value is -1.05. The number of Topliss-reactive ketones (excluding diaryl/α,β-unsaturated/α-hetero) is 1. The first-order chi connectivity index (χ1) is 6.67. The largest absolute Gasteiger partial charge is 0.490 e. The van der Waals surface area contributed by atoms with Crippen LogP contribution in [0.15, 0.2) is 23.5 Å². The summed E-state index contributed by atoms with van der Waals surface area (Å²) in [5.74, 6) is 0.664. The highest BCUT2D eigenvalue weighted by molar-refractivity contribution is 6.11. The Kier molecular flexibility index (Phi) is 2.22. The molecule has 0 aliphatic heterocycles. The number of fused-ring (bicyclic) bond motifs is 1. The Bertz CT molecular complexity index is 325. The number of hydrogen-bond acceptors (Lipinski definition) is 2. The molecule has 0 aromatic rings. The van der Waals surface area contributed by atoms with Crippen LogP contribution in [0.3, 0.4) is 0 Å². The molecule has 0 saturated heterocycles. The molecule has 2 rings (SSSR count). The minimum atomic E-state index is -0.0418. The molecule has 0 fully saturated rings. The highest BCUT2D eigenvalue weighted by Gasteiger charge is 2.41. The average Bonchev–Trinajstić information content (AvgIpc) is 2.40. The molecule has 0 bridgehead atoms. The lowest BCUT2D eigenvalue weighted by Crippen LogP contribution is -2.19. The van der Waals surface area contributed by atoms with Crippen molar-refractivity contribution in [3.8, 4) is 0 Å². The zero-order chi connectivity index (χ0) is 10.2. The molecule has 1 unspecified atom stereocenters. The van der Waals surface area contributed by atoms with E-state index in [1.807, 2.05) is 13.0 Å². The summed E-state index contributed by atoms with van der Waals surface area (Å²) in [5, 5.41) is 0. The van der Waals surface area contributed by atoms with Gasteiger partial charge in [-0.15, -0.1) is 0 Å². The number of ether oxygens (including phenoxy) is 1. The van der Waals surface area contributed by atoms with E-state index < -0.39 is 0 Å². The van der Waals surface area contributed by atoms with E-state index in [-0.39, 0.29) is 11.2 Å². The van der Waals surface area contributed by atoms with Gasteiger partial charge < -0.3 is 4.74 Å². The van der Waals surface area contributed by atoms with E-state index in [1.54, 1.807) is 0 Å². The smallest absolute Gasteiger partial charge is 0.223 e. The van der Waals surface area contributed by atoms with Crippen molar-refractivity contribution in [2.24, 2.45) is 5.41 Å². The van der Waals surface area contributed by atoms with Crippen LogP contribution in [0.5, 0.6) is 0 Å². The number of hydrogen-bond donors (Lipinski definition) is 0. The topological polar surface area (TPSA) is 26.3 Å². The highest BCUT2D eigenvalue weighted by Crippen LogP contribution is 2.45. The van der Waals surface area contributed by atoms with Gasteiger partial charge in [0.25, 0.3) is 0 Å². The third kappa shape index (κ3) is 1.29. The van der Waals surface area contributed by atoms with E-state index in [0.717, 1.165) is 18.4 Å². The van der Waals surface area contributed by atoms with Gasteiger partial charge in [-0.25, -0.2) is 0 Å². The van der Waals surface area contributed by atoms with Crippen molar-refractivity contribution in [1.29, 1.82) is 0 Å². The van der Waals surface area contributed by atoms with Crippen molar-refractivity contribution >= 4 is 5.78 Å². The highest BCUT2D eigenvalue weighted by atomic mass is 16.5. The minimum Gasteiger partial charge on any atom is -0.490 e. The summed E-state index contributed by atoms with van der Waals surface area (Å²) in [5.41, 5.74) is 0.909. The zero-order valence-electron chi connectivity index (χ0n) is 8.80. The Balaban J connectivity index is 2.33. The molecule has 2 heteroatoms. The quantitative estimate of drug-likeness (QED) is 0.672. The maximum absolute atomic E-state index is 11.9. The van der Waals surface area contributed by atoms with Crippen molar-refractivity contribution < 1.29 is 9.53 Å². The summed E-state index contributed by atoms with van der Waals surface area (Å²) in [7, 11) is 0. The van der Waals surface area contributed by atoms with Crippen molar-refractivity contribution in [1.82, 2.24) is 0 Å². The van der Waals surface area contributed by atoms with Gasteiger partial charge in [-0.05, 0) is 32.3 Å². The average molecular weight is 192 g/mol. The second-order valence-electron chi connectivity index (χ2n) is 4.20. The van der Waals surface area contributed by atoms with E-state index in [2.05, 4.69) is 13.0 Å². The summed E-state index contributed by atoms with van der Waals surface area (Å²) in [6, 6.07) is 0. The molecule has 0 aromatic heterocycles. The van der Waals surface area contributed by atoms with Crippen LogP contribution in [0.2, 0.25) is 0 Å². The number of ketones is 1. The van der Waals surface area contributed by atoms with Gasteiger partial charge in [-0.3, -0.25) is 4.79 Å². The van der Waals surface area contributed by atoms with Crippen LogP contribution in [-0.4, -0.2) is 12.4 Å². The summed E-state index contributed by atoms with van der Waals surface area (Å²) in [4.78, 5) is 11.9. The predicted octanol–water partition coefficient (Wildman–Crippen LogP) is 2.61. The number of carbonyl (C=O) groups is 1. The fourth-order valence-electron chi connectivity index (χ4n) is 2.34. The van der Waals surface area contributed by atoms with Crippen molar-refractivity contribution in [3.63, 3.8) is 0 Å². The Morgan fingerprint density at radius 1 is 1.57 bits per heavy atom. The van der Waals surface area contributed by atoms with E-state index in [0.29, 0.717) is 12.4 Å². The molecule has 0 heterocycles. The molecular formula is C12H16O2. The molecule has 0 saturated carbocycles. The summed E-state index contributed by atoms with van der Waals surface area (Å²) >= 11 is 0. The van der Waals surface area contributed by atoms with Gasteiger partial charge in [0.05, 0.1) is 6.61 Å². The van der Waals surface area contributed by atoms with Crippen LogP contribution >= 0.6 is 0 Å². The molecule has 0 amide bonds. The predicted molar refractivity (Wildman–Crippen MR) is 54.8 cm³/mol. The maximum Gasteiger partial charge on any atom is 0.223 e. The molecule has 2 aliphatic carbocycles. The van der Waals surface area contributed by atoms with Gasteiger partial charge in [0.1, 0.15) is 0 Å². The lowest BCUT2D eigenvalue weighted by atomic mass is 9.76. The van der Waals surface area contributed by atoms with Gasteiger partial charge in [0.2, 0.25) is 5.78 Å². The third-order valence-corrected chi connectivity index (χ3v) is 3.08. The van der Waals surface area contributed by atoms with Gasteiger partial charge in [-0.2, -0.15) is 0 Å². The minimum absolute atomic E-state index is 0.0418. The fourth-order valence-corrected chi connectivity index (χ4v) is 2.34. The first-order valence-electron chi connectivity index (χ1n) is 5.28. The zero-order valence-corrected chi connectivity index (χ0v) is 8.80. The molecule has 0 radical (unpaired) electrons. The fraction of sp³-hybridized carbons (Fsp3) is 0.583. The van der Waals surface area contributed by atoms with Crippen LogP contribution < -0.4 is 0 Å². The van der Waals surface area contributed by atoms with Crippen molar-refractivity contribution in [2.45, 2.75) is 33.1 Å². The molecule has 1 atom stereocenters. The van der Waals surface area contributed by atoms with Crippen LogP contribution in [-0.2, 0) is 9.53 Å². The van der Waals surface area contributed by atoms with Crippen molar-refractivity contribution in [3.05, 3.63) is 23.5 Å². The molecule has 0 aromatic carbocycles. The van der Waals surface area contributed by atoms with Gasteiger partial charge in [0.15, 0.2) is 5.76 Å². The van der Waals surface area contributed by atoms with E-state index >= 15 is 0 Å². The van der Waals surface area contributed by atoms with Crippen LogP contribution in [0.4, 0.5) is 0 Å². The molecule has 0 N–H and O–H groups in total. The first-order valence-corrected chi connectivity index (χ1v) is 5.28. The number of carbonyl (C=O) groups excluding carboxylic acids is 1. The van der Waals surface area contributed by atoms with E-state index in [9.17, 15) is 4.79 Å². The van der Waals surface area contributed by atoms with Crippen molar-refractivity contribution in [2.75, 3.05) is 6.61 Å². The second-order valence-corrected chi connectivity index (χ2v) is 4.20. The Morgan fingerprint density at radius 3 is 3.00 bits per heavy atom. The molecule has 0 spiro atoms. The normalized spacial score (nSPS) is 30.9. The summed E-state index contributed by atoms with van der Waals surface area (Å²) in [6.45, 7) is 4.61. The summed E-state index contributed by atoms with van der Waals surface area (Å²) < 4.78 is 5.34. The Labute approximate surface area is 84.6 Å². The standard InChI is InChI=1S/C12H16O2/c1-3-14-10-8-12(2)7-5-4-6-9(12)11(10)13/h6,8H,3-5,7H2,1-2H3. The van der Waals surface area contributed by atoms with Crippen LogP contribution in [0, 0.1) is 5.41 Å². The first kappa shape index (κ1) is 9.50. The van der Waals surface area contributed by atoms with Gasteiger partial charge in [0, 0.05) is 11.0 Å². The maximum atomic E-state index is 11.9. The lowest BCUT2D eigenvalue weighted by Gasteiger charge is -2.26. The second kappa shape index (κ2) is 3.26. The molecule has 14 heavy (non-hydrogen) atoms. The van der Waals surface area contributed by atoms with Crippen LogP contribution in [0.1, 0.15) is 33.1 Å². The van der Waals surface area contributed by atoms with E-state index in [4.69, 9.17) is 4.74 Å². The number of allylic oxidation sites excluding steroid dienone is 3. The third-order valence-electron chi connectivity index (χ3n) is 3.08. The molecule has 2 aliphatic rings. The lowest BCUT2D eigenvalue weighted by molar-refractivity contribution is -0.115. The number of rotatable bonds is 2. The molecule has 76 valence electrons. The Morgan fingerprint density at radius 2 is 2.36 bits per heavy atom. The molecular weight excluding hydrogens is 176 g/mol. The summed E-state index contributed by atoms with van der Waals surface area (Å²) in [6.07, 6.45) is 7.35. The SMILES string of the molecule is CCOC1=CC2(C)CCCC=C2C1=O. The van der Waals surface area contributed by atoms with Gasteiger partial charge >= 0.3 is 0 Å². The van der Waals surface area contributed by atoms with E-state index in [1.165, 1.54) is 6.42 Å². The van der Waals surface area contributed by atoms with Crippen LogP contribution in [0.25, 0.3) is 0 Å². The van der Waals surface area contributed by atoms with Gasteiger partial charge in [-0.1, -0.05) is 13.0 Å². The molecule has 2 nitrogen and oxygen atoms in total.